The predicted octanol–water partition coefficient (Wildman–Crippen LogP) is 3.31. The number of nitrogens with two attached hydrogens (primary N) is 1. The Morgan fingerprint density at radius 3 is 2.48 bits per heavy atom. The fourth-order valence-electron chi connectivity index (χ4n) is 2.18. The maximum absolute atomic E-state index is 11.8. The molecule has 3 nitrogen and oxygen atoms in total. The zero-order chi connectivity index (χ0) is 15.1. The molecule has 3 heteroatoms. The van der Waals surface area contributed by atoms with Crippen molar-refractivity contribution in [2.45, 2.75) is 25.7 Å². The first-order valence-electron chi connectivity index (χ1n) is 7.12. The van der Waals surface area contributed by atoms with E-state index >= 15 is 0 Å². The Morgan fingerprint density at radius 2 is 1.76 bits per heavy atom. The van der Waals surface area contributed by atoms with E-state index in [2.05, 4.69) is 0 Å². The molecule has 0 unspecified atom stereocenters. The summed E-state index contributed by atoms with van der Waals surface area (Å²) in [6, 6.07) is 14.7. The molecule has 0 amide bonds. The van der Waals surface area contributed by atoms with Gasteiger partial charge >= 0.3 is 0 Å². The molecule has 0 atom stereocenters. The first-order chi connectivity index (χ1) is 10.1. The van der Waals surface area contributed by atoms with Gasteiger partial charge in [0.15, 0.2) is 0 Å². The first-order valence-corrected chi connectivity index (χ1v) is 7.12. The van der Waals surface area contributed by atoms with E-state index in [0.717, 1.165) is 23.2 Å². The Morgan fingerprint density at radius 1 is 1.05 bits per heavy atom. The van der Waals surface area contributed by atoms with E-state index in [1.165, 1.54) is 0 Å². The molecule has 0 aliphatic rings. The number of carbonyl (C=O) groups excluding carboxylic acids is 1. The molecule has 1 radical (unpaired) electrons. The summed E-state index contributed by atoms with van der Waals surface area (Å²) in [7, 11) is 0. The minimum absolute atomic E-state index is 0.151. The molecule has 0 saturated heterocycles. The number of Topliss-reactive ketones (excluding diaryl/α,β-unsaturated/α-hetero) is 1. The molecule has 0 heterocycles. The Bertz CT molecular complexity index is 590. The van der Waals surface area contributed by atoms with Crippen LogP contribution in [0.4, 0.5) is 5.69 Å². The van der Waals surface area contributed by atoms with Crippen molar-refractivity contribution in [2.75, 3.05) is 5.73 Å². The number of nitrogen functional groups attached to an aromatic ring is 1. The molecule has 109 valence electrons. The summed E-state index contributed by atoms with van der Waals surface area (Å²) in [5.74, 6) is 0.398. The molecule has 0 aliphatic heterocycles. The summed E-state index contributed by atoms with van der Waals surface area (Å²) in [6.07, 6.45) is 4.44. The van der Waals surface area contributed by atoms with Crippen LogP contribution in [0.3, 0.4) is 0 Å². The van der Waals surface area contributed by atoms with Crippen molar-refractivity contribution >= 4 is 11.5 Å². The highest BCUT2D eigenvalue weighted by atomic mass is 16.3. The summed E-state index contributed by atoms with van der Waals surface area (Å²) in [4.78, 5) is 11.8. The molecule has 3 N–H and O–H groups in total. The van der Waals surface area contributed by atoms with Gasteiger partial charge in [-0.25, -0.2) is 0 Å². The third kappa shape index (κ3) is 4.95. The number of hydrogen-bond donors (Lipinski definition) is 2. The standard InChI is InChI=1S/C18H20NO2/c19-18-7-2-1-4-15(18)5-3-6-16(20)11-8-14-9-12-17(21)13-10-14/h1-2,4,6-7,9-10,12-13,21H,3,5,8,11,19H2. The van der Waals surface area contributed by atoms with Crippen molar-refractivity contribution in [3.8, 4) is 5.75 Å². The summed E-state index contributed by atoms with van der Waals surface area (Å²) in [6.45, 7) is 0. The normalized spacial score (nSPS) is 10.5. The minimum Gasteiger partial charge on any atom is -0.508 e. The number of benzene rings is 2. The van der Waals surface area contributed by atoms with E-state index < -0.39 is 0 Å². The smallest absolute Gasteiger partial charge is 0.137 e. The summed E-state index contributed by atoms with van der Waals surface area (Å²) in [5.41, 5.74) is 8.79. The number of rotatable bonds is 7. The molecular weight excluding hydrogens is 262 g/mol. The Labute approximate surface area is 125 Å². The van der Waals surface area contributed by atoms with E-state index in [4.69, 9.17) is 5.73 Å². The molecule has 0 spiro atoms. The van der Waals surface area contributed by atoms with E-state index in [9.17, 15) is 9.90 Å². The van der Waals surface area contributed by atoms with Crippen LogP contribution in [0.2, 0.25) is 0 Å². The number of ketones is 1. The SMILES string of the molecule is Nc1ccccc1CC[CH]C(=O)CCc1ccc(O)cc1. The van der Waals surface area contributed by atoms with Crippen LogP contribution in [-0.2, 0) is 17.6 Å². The third-order valence-electron chi connectivity index (χ3n) is 3.44. The van der Waals surface area contributed by atoms with Gasteiger partial charge in [0.2, 0.25) is 0 Å². The molecule has 2 aromatic rings. The highest BCUT2D eigenvalue weighted by Crippen LogP contribution is 2.15. The Hall–Kier alpha value is -2.29. The molecule has 0 aromatic heterocycles. The quantitative estimate of drug-likeness (QED) is 0.766. The van der Waals surface area contributed by atoms with Gasteiger partial charge in [-0.15, -0.1) is 0 Å². The highest BCUT2D eigenvalue weighted by Gasteiger charge is 2.05. The first kappa shape index (κ1) is 15.1. The van der Waals surface area contributed by atoms with Crippen molar-refractivity contribution in [1.82, 2.24) is 0 Å². The van der Waals surface area contributed by atoms with E-state index in [0.29, 0.717) is 19.3 Å². The monoisotopic (exact) mass is 282 g/mol. The lowest BCUT2D eigenvalue weighted by atomic mass is 10.0. The van der Waals surface area contributed by atoms with E-state index in [-0.39, 0.29) is 11.5 Å². The Balaban J connectivity index is 1.70. The van der Waals surface area contributed by atoms with Gasteiger partial charge in [-0.3, -0.25) is 4.79 Å². The fourth-order valence-corrected chi connectivity index (χ4v) is 2.18. The van der Waals surface area contributed by atoms with Gasteiger partial charge in [-0.1, -0.05) is 30.3 Å². The number of phenolic OH excluding ortho intramolecular Hbond substituents is 1. The second-order valence-corrected chi connectivity index (χ2v) is 5.07. The predicted molar refractivity (Wildman–Crippen MR) is 84.9 cm³/mol. The van der Waals surface area contributed by atoms with Gasteiger partial charge in [0.1, 0.15) is 11.5 Å². The average Bonchev–Trinajstić information content (AvgIpc) is 2.49. The number of phenols is 1. The molecule has 0 fully saturated rings. The molecule has 2 rings (SSSR count). The number of hydrogen-bond acceptors (Lipinski definition) is 3. The second-order valence-electron chi connectivity index (χ2n) is 5.07. The third-order valence-corrected chi connectivity index (χ3v) is 3.44. The van der Waals surface area contributed by atoms with Gasteiger partial charge in [0.25, 0.3) is 0 Å². The summed E-state index contributed by atoms with van der Waals surface area (Å²) in [5, 5.41) is 9.20. The van der Waals surface area contributed by atoms with E-state index in [1.54, 1.807) is 18.6 Å². The van der Waals surface area contributed by atoms with Crippen LogP contribution < -0.4 is 5.73 Å². The molecule has 0 aliphatic carbocycles. The van der Waals surface area contributed by atoms with Crippen molar-refractivity contribution in [3.63, 3.8) is 0 Å². The molecule has 2 aromatic carbocycles. The van der Waals surface area contributed by atoms with Crippen molar-refractivity contribution < 1.29 is 9.90 Å². The van der Waals surface area contributed by atoms with Crippen LogP contribution >= 0.6 is 0 Å². The lowest BCUT2D eigenvalue weighted by Gasteiger charge is -2.05. The van der Waals surface area contributed by atoms with Crippen LogP contribution in [0.1, 0.15) is 24.0 Å². The lowest BCUT2D eigenvalue weighted by molar-refractivity contribution is -0.116. The zero-order valence-corrected chi connectivity index (χ0v) is 12.0. The molecule has 0 saturated carbocycles. The fraction of sp³-hybridized carbons (Fsp3) is 0.222. The van der Waals surface area contributed by atoms with Crippen LogP contribution in [0.5, 0.6) is 5.75 Å². The largest absolute Gasteiger partial charge is 0.508 e. The number of aromatic hydroxyl groups is 1. The maximum Gasteiger partial charge on any atom is 0.137 e. The lowest BCUT2D eigenvalue weighted by Crippen LogP contribution is -2.03. The summed E-state index contributed by atoms with van der Waals surface area (Å²) < 4.78 is 0. The van der Waals surface area contributed by atoms with Crippen LogP contribution in [-0.4, -0.2) is 10.9 Å². The van der Waals surface area contributed by atoms with Crippen molar-refractivity contribution in [2.24, 2.45) is 0 Å². The second kappa shape index (κ2) is 7.48. The van der Waals surface area contributed by atoms with Gasteiger partial charge in [-0.05, 0) is 48.6 Å². The Kier molecular flexibility index (Phi) is 5.38. The zero-order valence-electron chi connectivity index (χ0n) is 12.0. The van der Waals surface area contributed by atoms with Crippen molar-refractivity contribution in [1.29, 1.82) is 0 Å². The average molecular weight is 282 g/mol. The van der Waals surface area contributed by atoms with Crippen LogP contribution in [0, 0.1) is 6.42 Å². The van der Waals surface area contributed by atoms with Crippen molar-refractivity contribution in [3.05, 3.63) is 66.1 Å². The number of carbonyl (C=O) groups is 1. The highest BCUT2D eigenvalue weighted by molar-refractivity contribution is 5.87. The number of para-hydroxylation sites is 1. The molecule has 0 bridgehead atoms. The van der Waals surface area contributed by atoms with Gasteiger partial charge < -0.3 is 10.8 Å². The van der Waals surface area contributed by atoms with Crippen LogP contribution in [0.25, 0.3) is 0 Å². The van der Waals surface area contributed by atoms with Gasteiger partial charge in [-0.2, -0.15) is 0 Å². The topological polar surface area (TPSA) is 63.3 Å². The number of anilines is 1. The maximum atomic E-state index is 11.8. The summed E-state index contributed by atoms with van der Waals surface area (Å²) >= 11 is 0. The molecular formula is C18H20NO2. The van der Waals surface area contributed by atoms with Gasteiger partial charge in [0.05, 0.1) is 0 Å². The van der Waals surface area contributed by atoms with Crippen LogP contribution in [0.15, 0.2) is 48.5 Å². The molecule has 21 heavy (non-hydrogen) atoms. The minimum atomic E-state index is 0.151. The van der Waals surface area contributed by atoms with E-state index in [1.807, 2.05) is 36.4 Å². The van der Waals surface area contributed by atoms with Gasteiger partial charge in [0, 0.05) is 18.5 Å². The number of aryl methyl sites for hydroxylation is 2.